The molecule has 3 heteroatoms. The Morgan fingerprint density at radius 2 is 1.94 bits per heavy atom. The lowest BCUT2D eigenvalue weighted by Crippen LogP contribution is -2.22. The molecule has 0 saturated carbocycles. The van der Waals surface area contributed by atoms with E-state index in [0.717, 1.165) is 11.6 Å². The van der Waals surface area contributed by atoms with Gasteiger partial charge in [-0.3, -0.25) is 4.98 Å². The number of hydrogen-bond donors (Lipinski definition) is 1. The van der Waals surface area contributed by atoms with E-state index in [4.69, 9.17) is 11.6 Å². The van der Waals surface area contributed by atoms with Gasteiger partial charge < -0.3 is 5.32 Å². The summed E-state index contributed by atoms with van der Waals surface area (Å²) in [5.41, 5.74) is 3.66. The smallest absolute Gasteiger partial charge is 0.0594 e. The molecule has 0 bridgehead atoms. The van der Waals surface area contributed by atoms with Gasteiger partial charge in [0.1, 0.15) is 0 Å². The van der Waals surface area contributed by atoms with E-state index < -0.39 is 0 Å². The fourth-order valence-corrected chi connectivity index (χ4v) is 2.17. The maximum atomic E-state index is 5.94. The van der Waals surface area contributed by atoms with Gasteiger partial charge in [0.15, 0.2) is 0 Å². The van der Waals surface area contributed by atoms with Crippen LogP contribution in [-0.2, 0) is 0 Å². The van der Waals surface area contributed by atoms with Gasteiger partial charge in [0, 0.05) is 17.4 Å². The highest BCUT2D eigenvalue weighted by atomic mass is 35.5. The van der Waals surface area contributed by atoms with Crippen molar-refractivity contribution in [3.8, 4) is 0 Å². The third-order valence-corrected chi connectivity index (χ3v) is 3.25. The van der Waals surface area contributed by atoms with Gasteiger partial charge in [0.05, 0.1) is 6.04 Å². The molecule has 2 aromatic rings. The van der Waals surface area contributed by atoms with Crippen molar-refractivity contribution in [1.82, 2.24) is 10.3 Å². The van der Waals surface area contributed by atoms with Crippen LogP contribution < -0.4 is 5.32 Å². The zero-order valence-corrected chi connectivity index (χ0v) is 11.4. The van der Waals surface area contributed by atoms with Crippen LogP contribution in [-0.4, -0.2) is 11.5 Å². The van der Waals surface area contributed by atoms with Gasteiger partial charge in [-0.1, -0.05) is 30.7 Å². The number of pyridine rings is 1. The highest BCUT2D eigenvalue weighted by Gasteiger charge is 2.14. The third-order valence-electron chi connectivity index (χ3n) is 3.00. The minimum absolute atomic E-state index is 0.168. The number of rotatable bonds is 4. The minimum atomic E-state index is 0.168. The first kappa shape index (κ1) is 13.1. The fraction of sp³-hybridized carbons (Fsp3) is 0.267. The average Bonchev–Trinajstić information content (AvgIpc) is 2.38. The number of aryl methyl sites for hydroxylation is 1. The number of nitrogens with zero attached hydrogens (tertiary/aromatic N) is 1. The first-order valence-corrected chi connectivity index (χ1v) is 6.49. The van der Waals surface area contributed by atoms with Crippen LogP contribution >= 0.6 is 11.6 Å². The highest BCUT2D eigenvalue weighted by Crippen LogP contribution is 2.25. The topological polar surface area (TPSA) is 24.9 Å². The molecule has 0 aliphatic carbocycles. The molecule has 94 valence electrons. The predicted molar refractivity (Wildman–Crippen MR) is 75.9 cm³/mol. The van der Waals surface area contributed by atoms with E-state index in [0.29, 0.717) is 0 Å². The van der Waals surface area contributed by atoms with Gasteiger partial charge >= 0.3 is 0 Å². The molecule has 0 amide bonds. The normalized spacial score (nSPS) is 12.4. The summed E-state index contributed by atoms with van der Waals surface area (Å²) in [7, 11) is 0. The quantitative estimate of drug-likeness (QED) is 0.906. The van der Waals surface area contributed by atoms with Crippen molar-refractivity contribution in [3.05, 3.63) is 64.4 Å². The number of nitrogens with one attached hydrogen (secondary N) is 1. The minimum Gasteiger partial charge on any atom is -0.306 e. The van der Waals surface area contributed by atoms with E-state index in [1.54, 1.807) is 0 Å². The number of hydrogen-bond acceptors (Lipinski definition) is 2. The maximum absolute atomic E-state index is 5.94. The van der Waals surface area contributed by atoms with Crippen LogP contribution in [0.2, 0.25) is 5.02 Å². The number of benzene rings is 1. The summed E-state index contributed by atoms with van der Waals surface area (Å²) in [6, 6.07) is 10.2. The average molecular weight is 261 g/mol. The molecular formula is C15H17ClN2. The van der Waals surface area contributed by atoms with Crippen molar-refractivity contribution in [2.75, 3.05) is 6.54 Å². The molecule has 18 heavy (non-hydrogen) atoms. The van der Waals surface area contributed by atoms with Crippen LogP contribution in [0.1, 0.15) is 29.7 Å². The van der Waals surface area contributed by atoms with Crippen molar-refractivity contribution < 1.29 is 0 Å². The van der Waals surface area contributed by atoms with Crippen LogP contribution in [0.25, 0.3) is 0 Å². The molecule has 0 fully saturated rings. The molecule has 0 aliphatic rings. The highest BCUT2D eigenvalue weighted by molar-refractivity contribution is 6.30. The second-order valence-electron chi connectivity index (χ2n) is 4.27. The molecule has 1 aromatic heterocycles. The van der Waals surface area contributed by atoms with Gasteiger partial charge in [0.25, 0.3) is 0 Å². The van der Waals surface area contributed by atoms with Crippen molar-refractivity contribution in [2.24, 2.45) is 0 Å². The summed E-state index contributed by atoms with van der Waals surface area (Å²) in [6.07, 6.45) is 3.75. The lowest BCUT2D eigenvalue weighted by atomic mass is 9.97. The molecule has 0 radical (unpaired) electrons. The summed E-state index contributed by atoms with van der Waals surface area (Å²) >= 11 is 5.94. The van der Waals surface area contributed by atoms with E-state index in [-0.39, 0.29) is 6.04 Å². The van der Waals surface area contributed by atoms with Crippen LogP contribution in [0.15, 0.2) is 42.7 Å². The summed E-state index contributed by atoms with van der Waals surface area (Å²) in [6.45, 7) is 5.12. The second-order valence-corrected chi connectivity index (χ2v) is 4.71. The van der Waals surface area contributed by atoms with Gasteiger partial charge in [0.2, 0.25) is 0 Å². The van der Waals surface area contributed by atoms with E-state index in [1.807, 2.05) is 30.6 Å². The molecule has 0 saturated heterocycles. The Labute approximate surface area is 113 Å². The molecule has 1 N–H and O–H groups in total. The lowest BCUT2D eigenvalue weighted by Gasteiger charge is -2.20. The Morgan fingerprint density at radius 3 is 2.56 bits per heavy atom. The largest absolute Gasteiger partial charge is 0.306 e. The lowest BCUT2D eigenvalue weighted by molar-refractivity contribution is 0.625. The van der Waals surface area contributed by atoms with Gasteiger partial charge in [-0.15, -0.1) is 0 Å². The van der Waals surface area contributed by atoms with E-state index >= 15 is 0 Å². The van der Waals surface area contributed by atoms with Crippen LogP contribution in [0, 0.1) is 6.92 Å². The molecule has 2 rings (SSSR count). The third kappa shape index (κ3) is 2.89. The summed E-state index contributed by atoms with van der Waals surface area (Å²) in [5, 5.41) is 4.25. The summed E-state index contributed by atoms with van der Waals surface area (Å²) < 4.78 is 0. The van der Waals surface area contributed by atoms with Gasteiger partial charge in [-0.25, -0.2) is 0 Å². The molecule has 0 aliphatic heterocycles. The Hall–Kier alpha value is -1.38. The maximum Gasteiger partial charge on any atom is 0.0594 e. The molecule has 0 spiro atoms. The molecule has 1 heterocycles. The fourth-order valence-electron chi connectivity index (χ4n) is 2.05. The Bertz CT molecular complexity index is 508. The monoisotopic (exact) mass is 260 g/mol. The zero-order valence-electron chi connectivity index (χ0n) is 10.7. The Morgan fingerprint density at radius 1 is 1.22 bits per heavy atom. The molecule has 1 aromatic carbocycles. The standard InChI is InChI=1S/C15H17ClN2/c1-3-18-15(12-4-6-13(16)7-5-12)14-10-17-9-8-11(14)2/h4-10,15,18H,3H2,1-2H3. The summed E-state index contributed by atoms with van der Waals surface area (Å²) in [5.74, 6) is 0. The van der Waals surface area contributed by atoms with E-state index in [1.165, 1.54) is 16.7 Å². The first-order valence-electron chi connectivity index (χ1n) is 6.11. The Balaban J connectivity index is 2.40. The van der Waals surface area contributed by atoms with Crippen molar-refractivity contribution in [3.63, 3.8) is 0 Å². The second kappa shape index (κ2) is 5.98. The molecular weight excluding hydrogens is 244 g/mol. The van der Waals surface area contributed by atoms with Crippen LogP contribution in [0.5, 0.6) is 0 Å². The molecule has 1 atom stereocenters. The van der Waals surface area contributed by atoms with Crippen LogP contribution in [0.3, 0.4) is 0 Å². The van der Waals surface area contributed by atoms with E-state index in [2.05, 4.69) is 36.3 Å². The van der Waals surface area contributed by atoms with Gasteiger partial charge in [-0.05, 0) is 48.4 Å². The van der Waals surface area contributed by atoms with Gasteiger partial charge in [-0.2, -0.15) is 0 Å². The van der Waals surface area contributed by atoms with E-state index in [9.17, 15) is 0 Å². The van der Waals surface area contributed by atoms with Crippen molar-refractivity contribution >= 4 is 11.6 Å². The SMILES string of the molecule is CCNC(c1ccc(Cl)cc1)c1cnccc1C. The summed E-state index contributed by atoms with van der Waals surface area (Å²) in [4.78, 5) is 4.23. The predicted octanol–water partition coefficient (Wildman–Crippen LogP) is 3.74. The first-order chi connectivity index (χ1) is 8.72. The Kier molecular flexibility index (Phi) is 4.34. The molecule has 2 nitrogen and oxygen atoms in total. The zero-order chi connectivity index (χ0) is 13.0. The number of halogens is 1. The van der Waals surface area contributed by atoms with Crippen LogP contribution in [0.4, 0.5) is 0 Å². The van der Waals surface area contributed by atoms with Crippen molar-refractivity contribution in [1.29, 1.82) is 0 Å². The molecule has 1 unspecified atom stereocenters. The van der Waals surface area contributed by atoms with Crippen molar-refractivity contribution in [2.45, 2.75) is 19.9 Å². The number of aromatic nitrogens is 1.